The molecule has 90 valence electrons. The summed E-state index contributed by atoms with van der Waals surface area (Å²) in [5.74, 6) is 0. The third-order valence-electron chi connectivity index (χ3n) is 2.90. The van der Waals surface area contributed by atoms with Crippen molar-refractivity contribution in [2.75, 3.05) is 0 Å². The number of aromatic nitrogens is 5. The Morgan fingerprint density at radius 2 is 1.95 bits per heavy atom. The van der Waals surface area contributed by atoms with Gasteiger partial charge in [-0.25, -0.2) is 15.0 Å². The summed E-state index contributed by atoms with van der Waals surface area (Å²) in [6, 6.07) is 9.78. The summed E-state index contributed by atoms with van der Waals surface area (Å²) in [5.41, 5.74) is 3.29. The van der Waals surface area contributed by atoms with Crippen LogP contribution < -0.4 is 0 Å². The van der Waals surface area contributed by atoms with E-state index in [1.54, 1.807) is 12.4 Å². The van der Waals surface area contributed by atoms with E-state index in [4.69, 9.17) is 0 Å². The van der Waals surface area contributed by atoms with Crippen molar-refractivity contribution in [1.82, 2.24) is 24.5 Å². The van der Waals surface area contributed by atoms with Crippen LogP contribution in [-0.4, -0.2) is 24.5 Å². The van der Waals surface area contributed by atoms with Crippen molar-refractivity contribution in [3.05, 3.63) is 42.7 Å². The molecule has 0 fully saturated rings. The molecular formula is C13H7N5S. The largest absolute Gasteiger partial charge is 0.242 e. The maximum atomic E-state index is 4.57. The van der Waals surface area contributed by atoms with Gasteiger partial charge in [0, 0.05) is 34.9 Å². The van der Waals surface area contributed by atoms with Crippen LogP contribution in [0.1, 0.15) is 0 Å². The number of pyridine rings is 3. The molecule has 0 aliphatic rings. The van der Waals surface area contributed by atoms with Crippen LogP contribution in [0.15, 0.2) is 42.7 Å². The minimum Gasteiger partial charge on any atom is -0.242 e. The number of nitrogens with zero attached hydrogens (tertiary/aromatic N) is 5. The Hall–Kier alpha value is -2.47. The topological polar surface area (TPSA) is 64.5 Å². The summed E-state index contributed by atoms with van der Waals surface area (Å²) in [6.07, 6.45) is 3.49. The highest BCUT2D eigenvalue weighted by Crippen LogP contribution is 2.26. The van der Waals surface area contributed by atoms with Crippen molar-refractivity contribution >= 4 is 32.9 Å². The van der Waals surface area contributed by atoms with Crippen molar-refractivity contribution in [1.29, 1.82) is 0 Å². The molecule has 0 aromatic carbocycles. The number of hydrogen-bond donors (Lipinski definition) is 0. The van der Waals surface area contributed by atoms with Crippen LogP contribution in [0, 0.1) is 0 Å². The number of hydrogen-bond acceptors (Lipinski definition) is 6. The van der Waals surface area contributed by atoms with Gasteiger partial charge in [0.1, 0.15) is 5.52 Å². The molecule has 0 aliphatic carbocycles. The van der Waals surface area contributed by atoms with Crippen LogP contribution in [0.2, 0.25) is 0 Å². The first-order valence-electron chi connectivity index (χ1n) is 5.71. The predicted molar refractivity (Wildman–Crippen MR) is 73.7 cm³/mol. The minimum atomic E-state index is 0.730. The SMILES string of the molecule is c1cnc2nc(-c3ccnc4snnc34)ccc2c1. The van der Waals surface area contributed by atoms with Gasteiger partial charge < -0.3 is 0 Å². The molecule has 5 nitrogen and oxygen atoms in total. The van der Waals surface area contributed by atoms with Gasteiger partial charge in [-0.3, -0.25) is 0 Å². The van der Waals surface area contributed by atoms with Crippen LogP contribution in [0.25, 0.3) is 32.6 Å². The standard InChI is InChI=1S/C13H7N5S/c1-2-8-3-4-10(16-12(8)14-6-1)9-5-7-15-13-11(9)17-18-19-13/h1-7H. The quantitative estimate of drug-likeness (QED) is 0.529. The summed E-state index contributed by atoms with van der Waals surface area (Å²) in [6.45, 7) is 0. The average molecular weight is 265 g/mol. The first-order chi connectivity index (χ1) is 9.42. The smallest absolute Gasteiger partial charge is 0.164 e. The van der Waals surface area contributed by atoms with Gasteiger partial charge in [0.25, 0.3) is 0 Å². The first kappa shape index (κ1) is 10.5. The molecule has 0 unspecified atom stereocenters. The Morgan fingerprint density at radius 1 is 0.947 bits per heavy atom. The number of fused-ring (bicyclic) bond motifs is 2. The third kappa shape index (κ3) is 1.65. The highest BCUT2D eigenvalue weighted by atomic mass is 32.1. The first-order valence-corrected chi connectivity index (χ1v) is 6.48. The summed E-state index contributed by atoms with van der Waals surface area (Å²) in [7, 11) is 0. The summed E-state index contributed by atoms with van der Waals surface area (Å²) in [4.78, 5) is 13.9. The molecule has 0 atom stereocenters. The highest BCUT2D eigenvalue weighted by Gasteiger charge is 2.10. The molecule has 4 aromatic rings. The van der Waals surface area contributed by atoms with Gasteiger partial charge in [0.05, 0.1) is 5.69 Å². The zero-order chi connectivity index (χ0) is 12.7. The zero-order valence-electron chi connectivity index (χ0n) is 9.69. The normalized spacial score (nSPS) is 11.2. The van der Waals surface area contributed by atoms with E-state index < -0.39 is 0 Å². The average Bonchev–Trinajstić information content (AvgIpc) is 2.95. The van der Waals surface area contributed by atoms with Crippen LogP contribution >= 0.6 is 11.5 Å². The van der Waals surface area contributed by atoms with E-state index in [1.807, 2.05) is 30.3 Å². The van der Waals surface area contributed by atoms with E-state index >= 15 is 0 Å². The van der Waals surface area contributed by atoms with Crippen LogP contribution in [-0.2, 0) is 0 Å². The summed E-state index contributed by atoms with van der Waals surface area (Å²) < 4.78 is 3.94. The maximum Gasteiger partial charge on any atom is 0.164 e. The molecule has 0 spiro atoms. The summed E-state index contributed by atoms with van der Waals surface area (Å²) in [5, 5.41) is 5.14. The van der Waals surface area contributed by atoms with Gasteiger partial charge in [-0.15, -0.1) is 5.10 Å². The Bertz CT molecular complexity index is 886. The lowest BCUT2D eigenvalue weighted by molar-refractivity contribution is 1.19. The minimum absolute atomic E-state index is 0.730. The van der Waals surface area contributed by atoms with Crippen molar-refractivity contribution < 1.29 is 0 Å². The second-order valence-corrected chi connectivity index (χ2v) is 4.76. The Balaban J connectivity index is 2.01. The van der Waals surface area contributed by atoms with E-state index in [1.165, 1.54) is 11.5 Å². The van der Waals surface area contributed by atoms with Crippen molar-refractivity contribution in [2.24, 2.45) is 0 Å². The predicted octanol–water partition coefficient (Wildman–Crippen LogP) is 2.70. The van der Waals surface area contributed by atoms with Gasteiger partial charge in [0.2, 0.25) is 0 Å². The van der Waals surface area contributed by atoms with Crippen molar-refractivity contribution in [2.45, 2.75) is 0 Å². The fourth-order valence-electron chi connectivity index (χ4n) is 2.01. The molecule has 0 saturated heterocycles. The number of rotatable bonds is 1. The van der Waals surface area contributed by atoms with Crippen molar-refractivity contribution in [3.8, 4) is 11.3 Å². The van der Waals surface area contributed by atoms with Crippen LogP contribution in [0.4, 0.5) is 0 Å². The van der Waals surface area contributed by atoms with Gasteiger partial charge in [0.15, 0.2) is 10.5 Å². The molecule has 19 heavy (non-hydrogen) atoms. The lowest BCUT2D eigenvalue weighted by Gasteiger charge is -2.02. The lowest BCUT2D eigenvalue weighted by atomic mass is 10.1. The van der Waals surface area contributed by atoms with Crippen LogP contribution in [0.3, 0.4) is 0 Å². The molecule has 0 aliphatic heterocycles. The van der Waals surface area contributed by atoms with Gasteiger partial charge >= 0.3 is 0 Å². The van der Waals surface area contributed by atoms with Crippen molar-refractivity contribution in [3.63, 3.8) is 0 Å². The molecule has 0 radical (unpaired) electrons. The fourth-order valence-corrected chi connectivity index (χ4v) is 2.55. The van der Waals surface area contributed by atoms with E-state index in [0.29, 0.717) is 0 Å². The molecule has 0 saturated carbocycles. The third-order valence-corrected chi connectivity index (χ3v) is 3.53. The molecule has 0 N–H and O–H groups in total. The zero-order valence-corrected chi connectivity index (χ0v) is 10.5. The summed E-state index contributed by atoms with van der Waals surface area (Å²) >= 11 is 1.28. The molecule has 4 heterocycles. The second-order valence-electron chi connectivity index (χ2n) is 4.03. The second kappa shape index (κ2) is 4.03. The Morgan fingerprint density at radius 3 is 2.95 bits per heavy atom. The fraction of sp³-hybridized carbons (Fsp3) is 0. The highest BCUT2D eigenvalue weighted by molar-refractivity contribution is 7.12. The molecule has 0 bridgehead atoms. The molecule has 4 rings (SSSR count). The monoisotopic (exact) mass is 265 g/mol. The van der Waals surface area contributed by atoms with E-state index in [9.17, 15) is 0 Å². The van der Waals surface area contributed by atoms with E-state index in [2.05, 4.69) is 24.5 Å². The Labute approximate surface area is 112 Å². The van der Waals surface area contributed by atoms with Gasteiger partial charge in [-0.2, -0.15) is 0 Å². The van der Waals surface area contributed by atoms with E-state index in [-0.39, 0.29) is 0 Å². The molecule has 0 amide bonds. The maximum absolute atomic E-state index is 4.57. The molecular weight excluding hydrogens is 258 g/mol. The van der Waals surface area contributed by atoms with Gasteiger partial charge in [-0.05, 0) is 30.3 Å². The lowest BCUT2D eigenvalue weighted by Crippen LogP contribution is -1.89. The van der Waals surface area contributed by atoms with E-state index in [0.717, 1.165) is 32.6 Å². The molecule has 6 heteroatoms. The van der Waals surface area contributed by atoms with Crippen LogP contribution in [0.5, 0.6) is 0 Å². The Kier molecular flexibility index (Phi) is 2.22. The van der Waals surface area contributed by atoms with Gasteiger partial charge in [-0.1, -0.05) is 4.49 Å². The molecule has 4 aromatic heterocycles.